The third kappa shape index (κ3) is 40.4. The Labute approximate surface area is 333 Å². The lowest BCUT2D eigenvalue weighted by Crippen LogP contribution is -2.37. The van der Waals surface area contributed by atoms with Crippen molar-refractivity contribution >= 4 is 19.8 Å². The third-order valence-electron chi connectivity index (χ3n) is 9.80. The van der Waals surface area contributed by atoms with Crippen molar-refractivity contribution in [2.24, 2.45) is 0 Å². The quantitative estimate of drug-likeness (QED) is 0.0214. The van der Waals surface area contributed by atoms with Crippen molar-refractivity contribution in [2.75, 3.05) is 47.5 Å². The minimum absolute atomic E-state index is 0.0335. The number of nitrogens with zero attached hydrogens (tertiary/aromatic N) is 1. The Hall–Kier alpha value is -1.25. The number of rotatable bonds is 41. The lowest BCUT2D eigenvalue weighted by atomic mass is 10.0. The van der Waals surface area contributed by atoms with Gasteiger partial charge >= 0.3 is 19.8 Å². The lowest BCUT2D eigenvalue weighted by molar-refractivity contribution is -0.870. The first-order valence-corrected chi connectivity index (χ1v) is 23.9. The number of allylic oxidation sites excluding steroid dienone is 2. The van der Waals surface area contributed by atoms with Crippen molar-refractivity contribution in [3.8, 4) is 0 Å². The first-order valence-electron chi connectivity index (χ1n) is 22.4. The smallest absolute Gasteiger partial charge is 0.462 e. The Balaban J connectivity index is 4.27. The van der Waals surface area contributed by atoms with Gasteiger partial charge in [-0.25, -0.2) is 4.57 Å². The lowest BCUT2D eigenvalue weighted by Gasteiger charge is -2.24. The second-order valence-electron chi connectivity index (χ2n) is 16.4. The van der Waals surface area contributed by atoms with Gasteiger partial charge in [0.1, 0.15) is 19.8 Å². The van der Waals surface area contributed by atoms with E-state index in [1.807, 2.05) is 21.1 Å². The summed E-state index contributed by atoms with van der Waals surface area (Å²) in [7, 11) is 1.48. The molecule has 0 aliphatic carbocycles. The zero-order valence-corrected chi connectivity index (χ0v) is 36.9. The zero-order valence-electron chi connectivity index (χ0n) is 36.0. The first kappa shape index (κ1) is 52.8. The van der Waals surface area contributed by atoms with E-state index >= 15 is 0 Å². The van der Waals surface area contributed by atoms with Crippen LogP contribution in [0.2, 0.25) is 0 Å². The topological polar surface area (TPSA) is 108 Å². The molecule has 0 aromatic carbocycles. The maximum absolute atomic E-state index is 12.7. The molecule has 0 aromatic rings. The molecule has 320 valence electrons. The number of hydrogen-bond donors (Lipinski definition) is 1. The molecular weight excluding hydrogens is 701 g/mol. The van der Waals surface area contributed by atoms with E-state index in [4.69, 9.17) is 18.5 Å². The predicted octanol–water partition coefficient (Wildman–Crippen LogP) is 12.6. The van der Waals surface area contributed by atoms with Crippen molar-refractivity contribution in [1.82, 2.24) is 0 Å². The maximum Gasteiger partial charge on any atom is 0.472 e. The van der Waals surface area contributed by atoms with E-state index < -0.39 is 26.5 Å². The van der Waals surface area contributed by atoms with Gasteiger partial charge in [0.15, 0.2) is 6.10 Å². The molecule has 0 aromatic heterocycles. The SMILES string of the molecule is CCCC/C=C/CCCCCCCC(=O)OC[C@H](COP(=O)(O)OCC[N+](C)(C)C)OC(=O)CCCCCCCCCCCCCCCCCCCCC. The van der Waals surface area contributed by atoms with Gasteiger partial charge in [-0.1, -0.05) is 174 Å². The van der Waals surface area contributed by atoms with Gasteiger partial charge < -0.3 is 18.9 Å². The molecule has 10 heteroatoms. The molecule has 0 saturated carbocycles. The summed E-state index contributed by atoms with van der Waals surface area (Å²) in [6, 6.07) is 0. The number of phosphoric acid groups is 1. The summed E-state index contributed by atoms with van der Waals surface area (Å²) in [5.74, 6) is -0.800. The fraction of sp³-hybridized carbons (Fsp3) is 0.909. The van der Waals surface area contributed by atoms with Gasteiger partial charge in [0.25, 0.3) is 0 Å². The molecule has 0 rings (SSSR count). The number of phosphoric ester groups is 1. The van der Waals surface area contributed by atoms with Crippen LogP contribution in [0.3, 0.4) is 0 Å². The van der Waals surface area contributed by atoms with Gasteiger partial charge in [-0.15, -0.1) is 0 Å². The van der Waals surface area contributed by atoms with E-state index in [0.29, 0.717) is 17.4 Å². The average molecular weight is 789 g/mol. The molecule has 0 aliphatic heterocycles. The summed E-state index contributed by atoms with van der Waals surface area (Å²) < 4.78 is 34.3. The second-order valence-corrected chi connectivity index (χ2v) is 17.9. The van der Waals surface area contributed by atoms with Crippen molar-refractivity contribution < 1.29 is 42.1 Å². The average Bonchev–Trinajstić information content (AvgIpc) is 3.12. The Morgan fingerprint density at radius 2 is 0.963 bits per heavy atom. The van der Waals surface area contributed by atoms with E-state index in [1.165, 1.54) is 116 Å². The summed E-state index contributed by atoms with van der Waals surface area (Å²) in [5.41, 5.74) is 0. The predicted molar refractivity (Wildman–Crippen MR) is 224 cm³/mol. The Bertz CT molecular complexity index is 938. The second kappa shape index (κ2) is 37.3. The highest BCUT2D eigenvalue weighted by Gasteiger charge is 2.27. The van der Waals surface area contributed by atoms with E-state index in [9.17, 15) is 19.0 Å². The van der Waals surface area contributed by atoms with Crippen LogP contribution < -0.4 is 0 Å². The van der Waals surface area contributed by atoms with Crippen LogP contribution in [0.25, 0.3) is 0 Å². The number of ether oxygens (including phenoxy) is 2. The number of quaternary nitrogens is 1. The van der Waals surface area contributed by atoms with Crippen LogP contribution in [0.4, 0.5) is 0 Å². The van der Waals surface area contributed by atoms with Gasteiger partial charge in [-0.3, -0.25) is 18.6 Å². The van der Waals surface area contributed by atoms with Gasteiger partial charge in [0.05, 0.1) is 27.7 Å². The fourth-order valence-electron chi connectivity index (χ4n) is 6.23. The number of likely N-dealkylation sites (N-methyl/N-ethyl adjacent to an activating group) is 1. The number of hydrogen-bond acceptors (Lipinski definition) is 7. The molecule has 1 N–H and O–H groups in total. The Kier molecular flexibility index (Phi) is 36.5. The van der Waals surface area contributed by atoms with Crippen LogP contribution in [0.1, 0.15) is 206 Å². The molecule has 1 unspecified atom stereocenters. The van der Waals surface area contributed by atoms with E-state index in [2.05, 4.69) is 26.0 Å². The number of carbonyl (C=O) groups is 2. The molecule has 0 aliphatic rings. The van der Waals surface area contributed by atoms with Crippen LogP contribution in [0, 0.1) is 0 Å². The monoisotopic (exact) mass is 789 g/mol. The van der Waals surface area contributed by atoms with Gasteiger partial charge in [-0.2, -0.15) is 0 Å². The van der Waals surface area contributed by atoms with Crippen LogP contribution in [-0.4, -0.2) is 74.9 Å². The zero-order chi connectivity index (χ0) is 40.0. The van der Waals surface area contributed by atoms with Crippen LogP contribution >= 0.6 is 7.82 Å². The molecule has 0 heterocycles. The first-order chi connectivity index (χ1) is 26.0. The molecule has 0 amide bonds. The number of unbranched alkanes of at least 4 members (excludes halogenated alkanes) is 25. The highest BCUT2D eigenvalue weighted by Crippen LogP contribution is 2.43. The van der Waals surface area contributed by atoms with Crippen LogP contribution in [-0.2, 0) is 32.7 Å². The van der Waals surface area contributed by atoms with Crippen LogP contribution in [0.15, 0.2) is 12.2 Å². The van der Waals surface area contributed by atoms with Crippen molar-refractivity contribution in [2.45, 2.75) is 213 Å². The van der Waals surface area contributed by atoms with Crippen molar-refractivity contribution in [3.05, 3.63) is 12.2 Å². The molecule has 54 heavy (non-hydrogen) atoms. The molecule has 0 saturated heterocycles. The summed E-state index contributed by atoms with van der Waals surface area (Å²) in [5, 5.41) is 0. The third-order valence-corrected chi connectivity index (χ3v) is 10.8. The fourth-order valence-corrected chi connectivity index (χ4v) is 6.97. The van der Waals surface area contributed by atoms with Crippen molar-refractivity contribution in [1.29, 1.82) is 0 Å². The standard InChI is InChI=1S/C44H86NO8P/c1-6-8-10-12-14-16-18-19-20-21-22-23-24-25-27-29-31-33-35-37-44(47)53-42(41-52-54(48,49)51-39-38-45(3,4)5)40-50-43(46)36-34-32-30-28-26-17-15-13-11-9-7-2/h13,15,42H,6-12,14,16-41H2,1-5H3/p+1/b15-13+/t42-/m1/s1. The molecule has 0 spiro atoms. The van der Waals surface area contributed by atoms with E-state index in [0.717, 1.165) is 57.8 Å². The van der Waals surface area contributed by atoms with Gasteiger partial charge in [0.2, 0.25) is 0 Å². The summed E-state index contributed by atoms with van der Waals surface area (Å²) in [6.07, 6.45) is 38.3. The molecule has 9 nitrogen and oxygen atoms in total. The Morgan fingerprint density at radius 1 is 0.556 bits per heavy atom. The van der Waals surface area contributed by atoms with Gasteiger partial charge in [0, 0.05) is 12.8 Å². The summed E-state index contributed by atoms with van der Waals surface area (Å²) >= 11 is 0. The number of carbonyl (C=O) groups excluding carboxylic acids is 2. The molecule has 0 bridgehead atoms. The number of esters is 2. The molecular formula is C44H87NO8P+. The highest BCUT2D eigenvalue weighted by atomic mass is 31.2. The largest absolute Gasteiger partial charge is 0.472 e. The van der Waals surface area contributed by atoms with E-state index in [1.54, 1.807) is 0 Å². The van der Waals surface area contributed by atoms with Crippen LogP contribution in [0.5, 0.6) is 0 Å². The highest BCUT2D eigenvalue weighted by molar-refractivity contribution is 7.47. The summed E-state index contributed by atoms with van der Waals surface area (Å²) in [6.45, 7) is 4.40. The molecule has 0 radical (unpaired) electrons. The van der Waals surface area contributed by atoms with Gasteiger partial charge in [-0.05, 0) is 32.1 Å². The molecule has 2 atom stereocenters. The molecule has 0 fully saturated rings. The normalized spacial score (nSPS) is 13.7. The van der Waals surface area contributed by atoms with Crippen molar-refractivity contribution in [3.63, 3.8) is 0 Å². The maximum atomic E-state index is 12.7. The van der Waals surface area contributed by atoms with E-state index in [-0.39, 0.29) is 32.0 Å². The minimum atomic E-state index is -4.37. The Morgan fingerprint density at radius 3 is 1.43 bits per heavy atom. The summed E-state index contributed by atoms with van der Waals surface area (Å²) in [4.78, 5) is 35.3. The minimum Gasteiger partial charge on any atom is -0.462 e.